The molecule has 0 fully saturated rings. The van der Waals surface area contributed by atoms with Gasteiger partial charge in [0.2, 0.25) is 0 Å². The van der Waals surface area contributed by atoms with E-state index in [-0.39, 0.29) is 0 Å². The van der Waals surface area contributed by atoms with Crippen molar-refractivity contribution in [2.45, 2.75) is 13.3 Å². The van der Waals surface area contributed by atoms with Crippen LogP contribution in [-0.2, 0) is 4.74 Å². The summed E-state index contributed by atoms with van der Waals surface area (Å²) in [6, 6.07) is 2.08. The van der Waals surface area contributed by atoms with Crippen LogP contribution in [0.2, 0.25) is 0 Å². The van der Waals surface area contributed by atoms with E-state index in [0.717, 1.165) is 19.7 Å². The second-order valence-corrected chi connectivity index (χ2v) is 2.67. The van der Waals surface area contributed by atoms with Crippen molar-refractivity contribution < 1.29 is 4.74 Å². The van der Waals surface area contributed by atoms with E-state index < -0.39 is 0 Å². The fraction of sp³-hybridized carbons (Fsp3) is 0.875. The standard InChI is InChI=1S/C8H16N2O/c1-8(7-11-2)6-10-5-3-4-9/h8,10H,3,5-7H2,1-2H3. The molecule has 0 saturated carbocycles. The SMILES string of the molecule is COCC(C)CNCCC#N. The average molecular weight is 156 g/mol. The molecule has 0 heterocycles. The Morgan fingerprint density at radius 2 is 2.36 bits per heavy atom. The van der Waals surface area contributed by atoms with Crippen molar-refractivity contribution in [1.29, 1.82) is 5.26 Å². The molecule has 0 aliphatic heterocycles. The van der Waals surface area contributed by atoms with Gasteiger partial charge in [-0.2, -0.15) is 5.26 Å². The molecular weight excluding hydrogens is 140 g/mol. The van der Waals surface area contributed by atoms with Gasteiger partial charge in [0.1, 0.15) is 0 Å². The number of hydrogen-bond acceptors (Lipinski definition) is 3. The van der Waals surface area contributed by atoms with Crippen LogP contribution in [0.1, 0.15) is 13.3 Å². The molecule has 0 aliphatic rings. The van der Waals surface area contributed by atoms with E-state index >= 15 is 0 Å². The molecule has 11 heavy (non-hydrogen) atoms. The Morgan fingerprint density at radius 3 is 2.91 bits per heavy atom. The lowest BCUT2D eigenvalue weighted by Crippen LogP contribution is -2.24. The van der Waals surface area contributed by atoms with Crippen molar-refractivity contribution in [2.24, 2.45) is 5.92 Å². The lowest BCUT2D eigenvalue weighted by molar-refractivity contribution is 0.159. The summed E-state index contributed by atoms with van der Waals surface area (Å²) in [6.07, 6.45) is 0.583. The summed E-state index contributed by atoms with van der Waals surface area (Å²) in [4.78, 5) is 0. The van der Waals surface area contributed by atoms with Crippen molar-refractivity contribution >= 4 is 0 Å². The fourth-order valence-corrected chi connectivity index (χ4v) is 0.836. The lowest BCUT2D eigenvalue weighted by Gasteiger charge is -2.09. The van der Waals surface area contributed by atoms with Crippen LogP contribution in [0.4, 0.5) is 0 Å². The molecular formula is C8H16N2O. The molecule has 0 aliphatic carbocycles. The largest absolute Gasteiger partial charge is 0.384 e. The van der Waals surface area contributed by atoms with Gasteiger partial charge in [-0.3, -0.25) is 0 Å². The monoisotopic (exact) mass is 156 g/mol. The highest BCUT2D eigenvalue weighted by atomic mass is 16.5. The molecule has 1 N–H and O–H groups in total. The van der Waals surface area contributed by atoms with E-state index in [1.165, 1.54) is 0 Å². The van der Waals surface area contributed by atoms with Crippen LogP contribution in [0, 0.1) is 17.2 Å². The molecule has 64 valence electrons. The van der Waals surface area contributed by atoms with Crippen molar-refractivity contribution in [3.63, 3.8) is 0 Å². The molecule has 3 nitrogen and oxygen atoms in total. The third-order valence-corrected chi connectivity index (χ3v) is 1.36. The molecule has 1 unspecified atom stereocenters. The lowest BCUT2D eigenvalue weighted by atomic mass is 10.2. The van der Waals surface area contributed by atoms with Crippen molar-refractivity contribution in [1.82, 2.24) is 5.32 Å². The van der Waals surface area contributed by atoms with Crippen LogP contribution in [0.25, 0.3) is 0 Å². The summed E-state index contributed by atoms with van der Waals surface area (Å²) in [5.41, 5.74) is 0. The van der Waals surface area contributed by atoms with Crippen LogP contribution in [-0.4, -0.2) is 26.8 Å². The van der Waals surface area contributed by atoms with Gasteiger partial charge < -0.3 is 10.1 Å². The number of nitrogens with zero attached hydrogens (tertiary/aromatic N) is 1. The molecule has 0 radical (unpaired) electrons. The first-order valence-electron chi connectivity index (χ1n) is 3.88. The van der Waals surface area contributed by atoms with E-state index in [9.17, 15) is 0 Å². The van der Waals surface area contributed by atoms with Crippen LogP contribution in [0.5, 0.6) is 0 Å². The van der Waals surface area contributed by atoms with Crippen LogP contribution >= 0.6 is 0 Å². The van der Waals surface area contributed by atoms with E-state index in [2.05, 4.69) is 18.3 Å². The number of methoxy groups -OCH3 is 1. The predicted octanol–water partition coefficient (Wildman–Crippen LogP) is 0.772. The molecule has 0 amide bonds. The van der Waals surface area contributed by atoms with Gasteiger partial charge >= 0.3 is 0 Å². The topological polar surface area (TPSA) is 45.0 Å². The normalized spacial score (nSPS) is 12.5. The van der Waals surface area contributed by atoms with E-state index in [0.29, 0.717) is 12.3 Å². The van der Waals surface area contributed by atoms with Gasteiger partial charge in [0, 0.05) is 26.7 Å². The van der Waals surface area contributed by atoms with Gasteiger partial charge in [-0.15, -0.1) is 0 Å². The number of rotatable bonds is 6. The van der Waals surface area contributed by atoms with E-state index in [4.69, 9.17) is 10.00 Å². The van der Waals surface area contributed by atoms with Crippen LogP contribution in [0.3, 0.4) is 0 Å². The zero-order valence-corrected chi connectivity index (χ0v) is 7.26. The second-order valence-electron chi connectivity index (χ2n) is 2.67. The first-order valence-corrected chi connectivity index (χ1v) is 3.88. The Bertz CT molecular complexity index is 120. The van der Waals surface area contributed by atoms with Crippen molar-refractivity contribution in [3.05, 3.63) is 0 Å². The smallest absolute Gasteiger partial charge is 0.0635 e. The molecule has 0 aromatic rings. The van der Waals surface area contributed by atoms with Gasteiger partial charge in [0.15, 0.2) is 0 Å². The molecule has 1 atom stereocenters. The summed E-state index contributed by atoms with van der Waals surface area (Å²) in [5, 5.41) is 11.4. The molecule has 0 aromatic carbocycles. The van der Waals surface area contributed by atoms with Gasteiger partial charge in [0.05, 0.1) is 6.07 Å². The number of ether oxygens (including phenoxy) is 1. The van der Waals surface area contributed by atoms with Gasteiger partial charge in [-0.25, -0.2) is 0 Å². The zero-order valence-electron chi connectivity index (χ0n) is 7.26. The first kappa shape index (κ1) is 10.4. The molecule has 3 heteroatoms. The maximum Gasteiger partial charge on any atom is 0.0635 e. The van der Waals surface area contributed by atoms with Crippen LogP contribution in [0.15, 0.2) is 0 Å². The summed E-state index contributed by atoms with van der Waals surface area (Å²) >= 11 is 0. The minimum atomic E-state index is 0.527. The number of nitriles is 1. The molecule has 0 bridgehead atoms. The minimum absolute atomic E-state index is 0.527. The Balaban J connectivity index is 3.05. The van der Waals surface area contributed by atoms with E-state index in [1.54, 1.807) is 7.11 Å². The highest BCUT2D eigenvalue weighted by molar-refractivity contribution is 4.70. The Hall–Kier alpha value is -0.590. The maximum absolute atomic E-state index is 8.22. The molecule has 0 aromatic heterocycles. The summed E-state index contributed by atoms with van der Waals surface area (Å²) < 4.78 is 4.96. The summed E-state index contributed by atoms with van der Waals surface area (Å²) in [7, 11) is 1.70. The summed E-state index contributed by atoms with van der Waals surface area (Å²) in [5.74, 6) is 0.527. The third kappa shape index (κ3) is 7.31. The highest BCUT2D eigenvalue weighted by Gasteiger charge is 1.98. The molecule has 0 saturated heterocycles. The molecule has 0 rings (SSSR count). The first-order chi connectivity index (χ1) is 5.31. The van der Waals surface area contributed by atoms with Gasteiger partial charge in [0.25, 0.3) is 0 Å². The fourth-order valence-electron chi connectivity index (χ4n) is 0.836. The van der Waals surface area contributed by atoms with Crippen LogP contribution < -0.4 is 5.32 Å². The molecule has 0 spiro atoms. The zero-order chi connectivity index (χ0) is 8.53. The Labute approximate surface area is 68.3 Å². The van der Waals surface area contributed by atoms with Crippen molar-refractivity contribution in [3.8, 4) is 6.07 Å². The quantitative estimate of drug-likeness (QED) is 0.578. The Morgan fingerprint density at radius 1 is 1.64 bits per heavy atom. The minimum Gasteiger partial charge on any atom is -0.384 e. The van der Waals surface area contributed by atoms with Gasteiger partial charge in [-0.05, 0) is 12.5 Å². The third-order valence-electron chi connectivity index (χ3n) is 1.36. The maximum atomic E-state index is 8.22. The Kier molecular flexibility index (Phi) is 7.11. The predicted molar refractivity (Wildman–Crippen MR) is 44.1 cm³/mol. The van der Waals surface area contributed by atoms with Crippen molar-refractivity contribution in [2.75, 3.05) is 26.8 Å². The average Bonchev–Trinajstić information content (AvgIpc) is 1.99. The number of nitrogens with one attached hydrogen (secondary N) is 1. The second kappa shape index (κ2) is 7.52. The van der Waals surface area contributed by atoms with Gasteiger partial charge in [-0.1, -0.05) is 6.92 Å². The van der Waals surface area contributed by atoms with E-state index in [1.807, 2.05) is 0 Å². The number of hydrogen-bond donors (Lipinski definition) is 1. The highest BCUT2D eigenvalue weighted by Crippen LogP contribution is 1.91. The summed E-state index contributed by atoms with van der Waals surface area (Å²) in [6.45, 7) is 4.60.